The summed E-state index contributed by atoms with van der Waals surface area (Å²) in [4.78, 5) is 10.5. The highest BCUT2D eigenvalue weighted by Crippen LogP contribution is 2.17. The maximum atomic E-state index is 10.5. The summed E-state index contributed by atoms with van der Waals surface area (Å²) in [5.74, 6) is -0.373. The fraction of sp³-hybridized carbons (Fsp3) is 0.909. The van der Waals surface area contributed by atoms with Gasteiger partial charge in [-0.05, 0) is 20.8 Å². The summed E-state index contributed by atoms with van der Waals surface area (Å²) in [6.45, 7) is 8.71. The van der Waals surface area contributed by atoms with Crippen LogP contribution in [0.4, 0.5) is 0 Å². The van der Waals surface area contributed by atoms with Crippen LogP contribution in [-0.2, 0) is 9.53 Å². The van der Waals surface area contributed by atoms with Crippen molar-refractivity contribution in [3.05, 3.63) is 12.7 Å². The molecular formula is C33H64O2. The minimum absolute atomic E-state index is 0.373. The van der Waals surface area contributed by atoms with Gasteiger partial charge in [0.25, 0.3) is 0 Å². The fourth-order valence-electron chi connectivity index (χ4n) is 4.94. The zero-order chi connectivity index (χ0) is 25.9. The minimum Gasteiger partial charge on any atom is -0.457 e. The molecule has 0 saturated heterocycles. The highest BCUT2D eigenvalue weighted by atomic mass is 16.6. The van der Waals surface area contributed by atoms with Crippen molar-refractivity contribution in [1.29, 1.82) is 0 Å². The van der Waals surface area contributed by atoms with E-state index in [0.29, 0.717) is 0 Å². The molecule has 0 aromatic rings. The summed E-state index contributed by atoms with van der Waals surface area (Å²) < 4.78 is 4.83. The van der Waals surface area contributed by atoms with Crippen molar-refractivity contribution in [2.24, 2.45) is 0 Å². The zero-order valence-corrected chi connectivity index (χ0v) is 24.5. The molecule has 1 fully saturated rings. The SMILES string of the molecule is C1CCCCCCCCCCCCCCCCCCCCCCCCC1.C=CC(=O)OC(C)(C)C. The van der Waals surface area contributed by atoms with Crippen LogP contribution in [0.5, 0.6) is 0 Å². The number of carbonyl (C=O) groups excluding carboxylic acids is 1. The first-order chi connectivity index (χ1) is 17.0. The summed E-state index contributed by atoms with van der Waals surface area (Å²) in [6, 6.07) is 0. The molecular weight excluding hydrogens is 428 g/mol. The Labute approximate surface area is 221 Å². The van der Waals surface area contributed by atoms with Gasteiger partial charge in [0.1, 0.15) is 5.60 Å². The van der Waals surface area contributed by atoms with Crippen LogP contribution in [0.2, 0.25) is 0 Å². The summed E-state index contributed by atoms with van der Waals surface area (Å²) in [5.41, 5.74) is -0.398. The molecule has 0 N–H and O–H groups in total. The van der Waals surface area contributed by atoms with E-state index in [-0.39, 0.29) is 5.97 Å². The van der Waals surface area contributed by atoms with E-state index in [1.807, 2.05) is 20.8 Å². The van der Waals surface area contributed by atoms with Gasteiger partial charge in [0.15, 0.2) is 0 Å². The van der Waals surface area contributed by atoms with Crippen molar-refractivity contribution in [3.8, 4) is 0 Å². The van der Waals surface area contributed by atoms with E-state index in [4.69, 9.17) is 4.74 Å². The molecule has 0 aliphatic heterocycles. The molecule has 0 amide bonds. The van der Waals surface area contributed by atoms with Gasteiger partial charge in [-0.3, -0.25) is 0 Å². The molecule has 2 heteroatoms. The van der Waals surface area contributed by atoms with Crippen molar-refractivity contribution in [2.45, 2.75) is 193 Å². The van der Waals surface area contributed by atoms with Gasteiger partial charge in [-0.15, -0.1) is 0 Å². The number of rotatable bonds is 1. The van der Waals surface area contributed by atoms with E-state index in [1.54, 1.807) is 0 Å². The second kappa shape index (κ2) is 26.3. The molecule has 1 aliphatic rings. The summed E-state index contributed by atoms with van der Waals surface area (Å²) >= 11 is 0. The Balaban J connectivity index is 0.00000109. The monoisotopic (exact) mass is 492 g/mol. The molecule has 2 nitrogen and oxygen atoms in total. The number of hydrogen-bond donors (Lipinski definition) is 0. The Morgan fingerprint density at radius 1 is 0.457 bits per heavy atom. The van der Waals surface area contributed by atoms with E-state index in [2.05, 4.69) is 6.58 Å². The molecule has 0 heterocycles. The van der Waals surface area contributed by atoms with Crippen molar-refractivity contribution in [1.82, 2.24) is 0 Å². The van der Waals surface area contributed by atoms with Crippen LogP contribution in [0.1, 0.15) is 188 Å². The average molecular weight is 493 g/mol. The molecule has 0 bridgehead atoms. The molecule has 1 saturated carbocycles. The van der Waals surface area contributed by atoms with E-state index >= 15 is 0 Å². The molecule has 35 heavy (non-hydrogen) atoms. The Morgan fingerprint density at radius 3 is 0.657 bits per heavy atom. The first-order valence-electron chi connectivity index (χ1n) is 15.8. The Hall–Kier alpha value is -0.790. The molecule has 0 atom stereocenters. The van der Waals surface area contributed by atoms with Crippen LogP contribution in [0, 0.1) is 0 Å². The van der Waals surface area contributed by atoms with Gasteiger partial charge in [-0.1, -0.05) is 174 Å². The lowest BCUT2D eigenvalue weighted by Crippen LogP contribution is -2.22. The van der Waals surface area contributed by atoms with Crippen molar-refractivity contribution in [2.75, 3.05) is 0 Å². The van der Waals surface area contributed by atoms with Gasteiger partial charge in [-0.2, -0.15) is 0 Å². The lowest BCUT2D eigenvalue weighted by molar-refractivity contribution is -0.148. The summed E-state index contributed by atoms with van der Waals surface area (Å²) in [5, 5.41) is 0. The smallest absolute Gasteiger partial charge is 0.330 e. The fourth-order valence-corrected chi connectivity index (χ4v) is 4.94. The Bertz CT molecular complexity index is 326. The predicted molar refractivity (Wildman–Crippen MR) is 156 cm³/mol. The third kappa shape index (κ3) is 31.2. The Kier molecular flexibility index (Phi) is 25.7. The first kappa shape index (κ1) is 34.2. The maximum Gasteiger partial charge on any atom is 0.330 e. The van der Waals surface area contributed by atoms with E-state index < -0.39 is 5.60 Å². The first-order valence-corrected chi connectivity index (χ1v) is 15.8. The van der Waals surface area contributed by atoms with Crippen LogP contribution < -0.4 is 0 Å². The summed E-state index contributed by atoms with van der Waals surface area (Å²) in [7, 11) is 0. The lowest BCUT2D eigenvalue weighted by Gasteiger charge is -2.17. The standard InChI is InChI=1S/C26H52.C7H12O2/c1-2-4-6-8-10-12-14-16-18-20-22-24-26-25-23-21-19-17-15-13-11-9-7-5-3-1;1-5-6(8)9-7(2,3)4/h1-26H2;5H,1H2,2-4H3. The number of carbonyl (C=O) groups is 1. The summed E-state index contributed by atoms with van der Waals surface area (Å²) in [6.07, 6.45) is 40.2. The molecule has 0 aromatic heterocycles. The van der Waals surface area contributed by atoms with Gasteiger partial charge < -0.3 is 4.74 Å². The van der Waals surface area contributed by atoms with Crippen LogP contribution in [0.15, 0.2) is 12.7 Å². The highest BCUT2D eigenvalue weighted by Gasteiger charge is 2.12. The molecule has 0 radical (unpaired) electrons. The molecule has 0 unspecified atom stereocenters. The maximum absolute atomic E-state index is 10.5. The van der Waals surface area contributed by atoms with E-state index in [1.165, 1.54) is 167 Å². The second-order valence-corrected chi connectivity index (χ2v) is 11.9. The molecule has 208 valence electrons. The van der Waals surface area contributed by atoms with Gasteiger partial charge >= 0.3 is 5.97 Å². The van der Waals surface area contributed by atoms with Crippen molar-refractivity contribution >= 4 is 5.97 Å². The number of ether oxygens (including phenoxy) is 1. The molecule has 1 rings (SSSR count). The number of esters is 1. The van der Waals surface area contributed by atoms with E-state index in [0.717, 1.165) is 6.08 Å². The van der Waals surface area contributed by atoms with E-state index in [9.17, 15) is 4.79 Å². The van der Waals surface area contributed by atoms with Crippen LogP contribution in [0.3, 0.4) is 0 Å². The van der Waals surface area contributed by atoms with Gasteiger partial charge in [0.05, 0.1) is 0 Å². The van der Waals surface area contributed by atoms with Crippen LogP contribution >= 0.6 is 0 Å². The topological polar surface area (TPSA) is 26.3 Å². The molecule has 0 spiro atoms. The number of hydrogen-bond acceptors (Lipinski definition) is 2. The molecule has 1 aliphatic carbocycles. The third-order valence-electron chi connectivity index (χ3n) is 7.07. The largest absolute Gasteiger partial charge is 0.457 e. The van der Waals surface area contributed by atoms with Crippen molar-refractivity contribution in [3.63, 3.8) is 0 Å². The average Bonchev–Trinajstić information content (AvgIpc) is 2.81. The Morgan fingerprint density at radius 2 is 0.600 bits per heavy atom. The highest BCUT2D eigenvalue weighted by molar-refractivity contribution is 5.81. The third-order valence-corrected chi connectivity index (χ3v) is 7.07. The quantitative estimate of drug-likeness (QED) is 0.269. The van der Waals surface area contributed by atoms with Crippen LogP contribution in [-0.4, -0.2) is 11.6 Å². The van der Waals surface area contributed by atoms with Gasteiger partial charge in [0.2, 0.25) is 0 Å². The van der Waals surface area contributed by atoms with Gasteiger partial charge in [-0.25, -0.2) is 4.79 Å². The normalized spacial score (nSPS) is 20.5. The molecule has 0 aromatic carbocycles. The minimum atomic E-state index is -0.398. The zero-order valence-electron chi connectivity index (χ0n) is 24.5. The lowest BCUT2D eigenvalue weighted by atomic mass is 10.0. The van der Waals surface area contributed by atoms with Crippen molar-refractivity contribution < 1.29 is 9.53 Å². The second-order valence-electron chi connectivity index (χ2n) is 11.9. The predicted octanol–water partition coefficient (Wildman–Crippen LogP) is 11.7. The van der Waals surface area contributed by atoms with Crippen LogP contribution in [0.25, 0.3) is 0 Å². The van der Waals surface area contributed by atoms with Gasteiger partial charge in [0, 0.05) is 6.08 Å².